The van der Waals surface area contributed by atoms with Gasteiger partial charge in [-0.2, -0.15) is 0 Å². The predicted molar refractivity (Wildman–Crippen MR) is 83.7 cm³/mol. The van der Waals surface area contributed by atoms with E-state index in [0.717, 1.165) is 51.1 Å². The fourth-order valence-corrected chi connectivity index (χ4v) is 2.42. The van der Waals surface area contributed by atoms with Gasteiger partial charge in [0.2, 0.25) is 0 Å². The predicted octanol–water partition coefficient (Wildman–Crippen LogP) is 0.801. The number of hydrogen-bond donors (Lipinski definition) is 4. The van der Waals surface area contributed by atoms with Crippen molar-refractivity contribution in [2.75, 3.05) is 52.4 Å². The summed E-state index contributed by atoms with van der Waals surface area (Å²) < 4.78 is 0. The lowest BCUT2D eigenvalue weighted by atomic mass is 10.3. The maximum Gasteiger partial charge on any atom is -0.00173 e. The maximum absolute atomic E-state index is 3.58. The van der Waals surface area contributed by atoms with Crippen LogP contribution in [-0.4, -0.2) is 52.4 Å². The molecular formula is C15H34N4. The summed E-state index contributed by atoms with van der Waals surface area (Å²) in [6, 6.07) is 0. The summed E-state index contributed by atoms with van der Waals surface area (Å²) in [4.78, 5) is 0. The van der Waals surface area contributed by atoms with Crippen LogP contribution in [-0.2, 0) is 0 Å². The molecule has 2 atom stereocenters. The minimum Gasteiger partial charge on any atom is -0.317 e. The van der Waals surface area contributed by atoms with Gasteiger partial charge in [-0.05, 0) is 83.5 Å². The molecule has 1 rings (SSSR count). The summed E-state index contributed by atoms with van der Waals surface area (Å²) in [7, 11) is 0. The Kier molecular flexibility index (Phi) is 10.4. The highest BCUT2D eigenvalue weighted by Crippen LogP contribution is 2.36. The molecule has 0 aromatic rings. The second-order valence-corrected chi connectivity index (χ2v) is 5.58. The third-order valence-electron chi connectivity index (χ3n) is 3.80. The molecule has 4 heteroatoms. The standard InChI is InChI=1S/C15H34N4/c1-3-16-7-5-9-18-12-14-11-15(14)13-19-10-6-8-17-4-2/h14-19H,3-13H2,1-2H3/t14-,15-/m0/s1. The van der Waals surface area contributed by atoms with Gasteiger partial charge in [0.05, 0.1) is 0 Å². The molecule has 0 saturated heterocycles. The topological polar surface area (TPSA) is 48.1 Å². The molecule has 0 amide bonds. The normalized spacial score (nSPS) is 21.8. The molecule has 0 aromatic heterocycles. The van der Waals surface area contributed by atoms with Crippen LogP contribution >= 0.6 is 0 Å². The lowest BCUT2D eigenvalue weighted by molar-refractivity contribution is 0.537. The van der Waals surface area contributed by atoms with Gasteiger partial charge in [0, 0.05) is 0 Å². The largest absolute Gasteiger partial charge is 0.317 e. The summed E-state index contributed by atoms with van der Waals surface area (Å²) in [5, 5.41) is 13.9. The minimum atomic E-state index is 0.931. The molecule has 1 fully saturated rings. The molecule has 0 aliphatic heterocycles. The van der Waals surface area contributed by atoms with Crippen molar-refractivity contribution in [1.82, 2.24) is 21.3 Å². The van der Waals surface area contributed by atoms with Crippen molar-refractivity contribution in [2.24, 2.45) is 11.8 Å². The van der Waals surface area contributed by atoms with E-state index in [-0.39, 0.29) is 0 Å². The van der Waals surface area contributed by atoms with E-state index in [0.29, 0.717) is 0 Å². The number of nitrogens with one attached hydrogen (secondary N) is 4. The molecule has 1 aliphatic rings. The van der Waals surface area contributed by atoms with Crippen LogP contribution in [0.15, 0.2) is 0 Å². The lowest BCUT2D eigenvalue weighted by Crippen LogP contribution is -2.26. The number of rotatable bonds is 14. The summed E-state index contributed by atoms with van der Waals surface area (Å²) in [5.41, 5.74) is 0. The zero-order valence-electron chi connectivity index (χ0n) is 12.9. The van der Waals surface area contributed by atoms with Gasteiger partial charge in [-0.15, -0.1) is 0 Å². The minimum absolute atomic E-state index is 0.931. The molecule has 0 radical (unpaired) electrons. The monoisotopic (exact) mass is 270 g/mol. The number of hydrogen-bond acceptors (Lipinski definition) is 4. The summed E-state index contributed by atoms with van der Waals surface area (Å²) in [6.45, 7) is 13.5. The fourth-order valence-electron chi connectivity index (χ4n) is 2.42. The molecule has 1 aliphatic carbocycles. The van der Waals surface area contributed by atoms with Crippen molar-refractivity contribution in [3.8, 4) is 0 Å². The fraction of sp³-hybridized carbons (Fsp3) is 1.00. The molecule has 0 aromatic carbocycles. The van der Waals surface area contributed by atoms with Crippen molar-refractivity contribution in [3.63, 3.8) is 0 Å². The van der Waals surface area contributed by atoms with Crippen molar-refractivity contribution in [2.45, 2.75) is 33.1 Å². The summed E-state index contributed by atoms with van der Waals surface area (Å²) >= 11 is 0. The van der Waals surface area contributed by atoms with Crippen molar-refractivity contribution in [1.29, 1.82) is 0 Å². The molecule has 0 spiro atoms. The Morgan fingerprint density at radius 1 is 0.684 bits per heavy atom. The average Bonchev–Trinajstić information content (AvgIpc) is 3.16. The average molecular weight is 270 g/mol. The van der Waals surface area contributed by atoms with Gasteiger partial charge >= 0.3 is 0 Å². The first-order valence-electron chi connectivity index (χ1n) is 8.21. The third kappa shape index (κ3) is 9.38. The lowest BCUT2D eigenvalue weighted by Gasteiger charge is -2.06. The Hall–Kier alpha value is -0.160. The Labute approximate surface area is 119 Å². The Balaban J connectivity index is 1.76. The Morgan fingerprint density at radius 2 is 1.11 bits per heavy atom. The second-order valence-electron chi connectivity index (χ2n) is 5.58. The molecule has 0 bridgehead atoms. The van der Waals surface area contributed by atoms with Gasteiger partial charge < -0.3 is 21.3 Å². The van der Waals surface area contributed by atoms with Crippen LogP contribution in [0.3, 0.4) is 0 Å². The van der Waals surface area contributed by atoms with Gasteiger partial charge in [-0.25, -0.2) is 0 Å². The molecule has 114 valence electrons. The van der Waals surface area contributed by atoms with Crippen LogP contribution in [0.1, 0.15) is 33.1 Å². The molecule has 1 saturated carbocycles. The van der Waals surface area contributed by atoms with Crippen LogP contribution < -0.4 is 21.3 Å². The molecule has 0 unspecified atom stereocenters. The highest BCUT2D eigenvalue weighted by molar-refractivity contribution is 4.89. The first-order chi connectivity index (χ1) is 9.38. The Bertz CT molecular complexity index is 179. The Morgan fingerprint density at radius 3 is 1.53 bits per heavy atom. The van der Waals surface area contributed by atoms with Gasteiger partial charge in [0.25, 0.3) is 0 Å². The third-order valence-corrected chi connectivity index (χ3v) is 3.80. The van der Waals surface area contributed by atoms with E-state index in [1.807, 2.05) is 0 Å². The highest BCUT2D eigenvalue weighted by Gasteiger charge is 2.35. The zero-order chi connectivity index (χ0) is 13.8. The molecule has 19 heavy (non-hydrogen) atoms. The van der Waals surface area contributed by atoms with Gasteiger partial charge in [0.15, 0.2) is 0 Å². The first-order valence-corrected chi connectivity index (χ1v) is 8.21. The zero-order valence-corrected chi connectivity index (χ0v) is 12.9. The quantitative estimate of drug-likeness (QED) is 0.353. The van der Waals surface area contributed by atoms with E-state index in [1.54, 1.807) is 0 Å². The van der Waals surface area contributed by atoms with E-state index in [2.05, 4.69) is 35.1 Å². The maximum atomic E-state index is 3.58. The smallest absolute Gasteiger partial charge is 0.00173 e. The van der Waals surface area contributed by atoms with E-state index in [1.165, 1.54) is 32.4 Å². The van der Waals surface area contributed by atoms with Crippen LogP contribution in [0.2, 0.25) is 0 Å². The van der Waals surface area contributed by atoms with Gasteiger partial charge in [0.1, 0.15) is 0 Å². The molecule has 0 heterocycles. The first kappa shape index (κ1) is 16.9. The molecule has 4 N–H and O–H groups in total. The van der Waals surface area contributed by atoms with Crippen LogP contribution in [0, 0.1) is 11.8 Å². The summed E-state index contributed by atoms with van der Waals surface area (Å²) in [6.07, 6.45) is 3.90. The van der Waals surface area contributed by atoms with Gasteiger partial charge in [-0.1, -0.05) is 13.8 Å². The van der Waals surface area contributed by atoms with Crippen LogP contribution in [0.5, 0.6) is 0 Å². The van der Waals surface area contributed by atoms with E-state index < -0.39 is 0 Å². The van der Waals surface area contributed by atoms with Gasteiger partial charge in [-0.3, -0.25) is 0 Å². The van der Waals surface area contributed by atoms with Crippen LogP contribution in [0.4, 0.5) is 0 Å². The van der Waals surface area contributed by atoms with E-state index >= 15 is 0 Å². The van der Waals surface area contributed by atoms with Crippen molar-refractivity contribution < 1.29 is 0 Å². The van der Waals surface area contributed by atoms with Crippen molar-refractivity contribution in [3.05, 3.63) is 0 Å². The SMILES string of the molecule is CCNCCCNC[C@@H]1C[C@H]1CNCCCNCC. The molecule has 4 nitrogen and oxygen atoms in total. The van der Waals surface area contributed by atoms with Crippen molar-refractivity contribution >= 4 is 0 Å². The molecular weight excluding hydrogens is 236 g/mol. The van der Waals surface area contributed by atoms with E-state index in [4.69, 9.17) is 0 Å². The van der Waals surface area contributed by atoms with E-state index in [9.17, 15) is 0 Å². The highest BCUT2D eigenvalue weighted by atomic mass is 14.9. The summed E-state index contributed by atoms with van der Waals surface area (Å²) in [5.74, 6) is 1.86. The van der Waals surface area contributed by atoms with Crippen LogP contribution in [0.25, 0.3) is 0 Å². The second kappa shape index (κ2) is 11.6.